The molecule has 0 radical (unpaired) electrons. The second kappa shape index (κ2) is 7.40. The molecule has 3 unspecified atom stereocenters. The van der Waals surface area contributed by atoms with Gasteiger partial charge in [0.1, 0.15) is 19.1 Å². The minimum absolute atomic E-state index is 0.0306. The molecular formula is C17H22N4O5. The Kier molecular flexibility index (Phi) is 5.21. The Bertz CT molecular complexity index is 698. The van der Waals surface area contributed by atoms with Crippen molar-refractivity contribution < 1.29 is 24.2 Å². The first-order valence-electron chi connectivity index (χ1n) is 8.56. The van der Waals surface area contributed by atoms with E-state index in [2.05, 4.69) is 10.6 Å². The van der Waals surface area contributed by atoms with Crippen molar-refractivity contribution in [3.05, 3.63) is 41.1 Å². The fraction of sp³-hybridized carbons (Fsp3) is 0.471. The van der Waals surface area contributed by atoms with Gasteiger partial charge in [0.15, 0.2) is 6.17 Å². The second-order valence-electron chi connectivity index (χ2n) is 6.66. The van der Waals surface area contributed by atoms with Crippen molar-refractivity contribution in [3.63, 3.8) is 0 Å². The quantitative estimate of drug-likeness (QED) is 0.503. The molecular weight excluding hydrogens is 340 g/mol. The summed E-state index contributed by atoms with van der Waals surface area (Å²) in [6.45, 7) is -0.229. The van der Waals surface area contributed by atoms with Crippen LogP contribution in [0.15, 0.2) is 30.3 Å². The van der Waals surface area contributed by atoms with Crippen LogP contribution in [0.5, 0.6) is 0 Å². The number of benzene rings is 1. The molecule has 0 spiro atoms. The number of rotatable bonds is 4. The maximum absolute atomic E-state index is 13.5. The highest BCUT2D eigenvalue weighted by atomic mass is 16.6. The Hall–Kier alpha value is -2.49. The summed E-state index contributed by atoms with van der Waals surface area (Å²) in [4.78, 5) is 36.0. The molecule has 2 fully saturated rings. The average Bonchev–Trinajstić information content (AvgIpc) is 2.79. The van der Waals surface area contributed by atoms with Crippen molar-refractivity contribution >= 4 is 17.8 Å². The lowest BCUT2D eigenvalue weighted by molar-refractivity contribution is -1.01. The summed E-state index contributed by atoms with van der Waals surface area (Å²) in [5, 5.41) is 29.5. The summed E-state index contributed by atoms with van der Waals surface area (Å²) in [6.07, 6.45) is -0.444. The third-order valence-corrected chi connectivity index (χ3v) is 4.83. The van der Waals surface area contributed by atoms with Crippen LogP contribution in [0.1, 0.15) is 18.4 Å². The van der Waals surface area contributed by atoms with Crippen LogP contribution in [-0.4, -0.2) is 58.6 Å². The van der Waals surface area contributed by atoms with Gasteiger partial charge in [0.25, 0.3) is 5.91 Å². The van der Waals surface area contributed by atoms with Gasteiger partial charge in [0, 0.05) is 19.4 Å². The van der Waals surface area contributed by atoms with Gasteiger partial charge < -0.3 is 15.6 Å². The molecule has 26 heavy (non-hydrogen) atoms. The van der Waals surface area contributed by atoms with Crippen molar-refractivity contribution in [3.8, 4) is 0 Å². The van der Waals surface area contributed by atoms with E-state index in [1.807, 2.05) is 30.3 Å². The topological polar surface area (TPSA) is 122 Å². The highest BCUT2D eigenvalue weighted by molar-refractivity contribution is 5.79. The Labute approximate surface area is 150 Å². The minimum Gasteiger partial charge on any atom is -0.604 e. The lowest BCUT2D eigenvalue weighted by atomic mass is 10.1. The smallest absolute Gasteiger partial charge is 0.313 e. The number of amides is 2. The van der Waals surface area contributed by atoms with E-state index in [1.165, 1.54) is 0 Å². The molecule has 2 amide bonds. The highest BCUT2D eigenvalue weighted by Crippen LogP contribution is 2.29. The molecule has 0 aromatic heterocycles. The number of carbonyl (C=O) groups excluding carboxylic acids is 2. The molecule has 9 nitrogen and oxygen atoms in total. The van der Waals surface area contributed by atoms with Gasteiger partial charge in [0.05, 0.1) is 6.42 Å². The fourth-order valence-electron chi connectivity index (χ4n) is 3.46. The van der Waals surface area contributed by atoms with Crippen LogP contribution in [0.25, 0.3) is 0 Å². The van der Waals surface area contributed by atoms with Crippen LogP contribution in [0.3, 0.4) is 0 Å². The van der Waals surface area contributed by atoms with Crippen molar-refractivity contribution in [2.24, 2.45) is 5.92 Å². The van der Waals surface area contributed by atoms with Gasteiger partial charge in [-0.25, -0.2) is 4.76 Å². The number of hydroxylamine groups is 2. The zero-order valence-electron chi connectivity index (χ0n) is 14.3. The number of hydrogen-bond acceptors (Lipinski definition) is 5. The first-order valence-corrected chi connectivity index (χ1v) is 8.56. The number of carbonyl (C=O) groups is 3. The molecule has 0 saturated carbocycles. The summed E-state index contributed by atoms with van der Waals surface area (Å²) >= 11 is 0. The van der Waals surface area contributed by atoms with Gasteiger partial charge in [-0.3, -0.25) is 19.7 Å². The molecule has 3 rings (SSSR count). The molecule has 2 heterocycles. The van der Waals surface area contributed by atoms with Gasteiger partial charge in [0.2, 0.25) is 5.91 Å². The number of nitrogens with zero attached hydrogens (tertiary/aromatic N) is 2. The number of carboxylic acid groups (broad SMARTS) is 1. The third-order valence-electron chi connectivity index (χ3n) is 4.83. The van der Waals surface area contributed by atoms with Crippen molar-refractivity contribution in [1.29, 1.82) is 0 Å². The zero-order valence-corrected chi connectivity index (χ0v) is 14.3. The molecule has 1 aromatic rings. The highest BCUT2D eigenvalue weighted by Gasteiger charge is 2.47. The van der Waals surface area contributed by atoms with E-state index in [0.29, 0.717) is 0 Å². The van der Waals surface area contributed by atoms with E-state index in [9.17, 15) is 24.7 Å². The van der Waals surface area contributed by atoms with Crippen LogP contribution >= 0.6 is 0 Å². The van der Waals surface area contributed by atoms with Crippen LogP contribution in [0, 0.1) is 11.1 Å². The standard InChI is InChI=1S/C17H22N4O5/c22-15(8-12-4-2-1-3-5-12)19-14-6-7-16(23)20-11-18-9-13(17(24)25)10-21(14,20)26/h1-5,13-14,18H,6-11H2,(H,19,22)(H,24,25). The summed E-state index contributed by atoms with van der Waals surface area (Å²) in [5.74, 6) is -2.70. The number of fused-ring (bicyclic) bond motifs is 1. The molecule has 3 N–H and O–H groups in total. The third kappa shape index (κ3) is 3.69. The number of quaternary nitrogens is 1. The molecule has 140 valence electrons. The van der Waals surface area contributed by atoms with Crippen LogP contribution < -0.4 is 10.6 Å². The van der Waals surface area contributed by atoms with E-state index < -0.39 is 22.8 Å². The monoisotopic (exact) mass is 362 g/mol. The Morgan fingerprint density at radius 3 is 2.77 bits per heavy atom. The van der Waals surface area contributed by atoms with E-state index in [4.69, 9.17) is 0 Å². The average molecular weight is 362 g/mol. The van der Waals surface area contributed by atoms with Gasteiger partial charge in [-0.1, -0.05) is 30.3 Å². The normalized spacial score (nSPS) is 28.8. The number of carboxylic acids is 1. The van der Waals surface area contributed by atoms with E-state index >= 15 is 0 Å². The van der Waals surface area contributed by atoms with Crippen LogP contribution in [-0.2, 0) is 20.8 Å². The van der Waals surface area contributed by atoms with Gasteiger partial charge >= 0.3 is 5.97 Å². The summed E-state index contributed by atoms with van der Waals surface area (Å²) < 4.78 is -1.16. The Balaban J connectivity index is 1.77. The van der Waals surface area contributed by atoms with Crippen LogP contribution in [0.4, 0.5) is 0 Å². The lowest BCUT2D eigenvalue weighted by Crippen LogP contribution is -2.72. The Morgan fingerprint density at radius 2 is 2.08 bits per heavy atom. The largest absolute Gasteiger partial charge is 0.604 e. The summed E-state index contributed by atoms with van der Waals surface area (Å²) in [6, 6.07) is 9.12. The predicted octanol–water partition coefficient (Wildman–Crippen LogP) is -0.215. The first-order chi connectivity index (χ1) is 12.4. The molecule has 0 aliphatic carbocycles. The SMILES string of the molecule is O=C(Cc1ccccc1)NC1CCC(=O)N2CNCC(C(=O)O)C[N+]12[O-]. The van der Waals surface area contributed by atoms with Crippen molar-refractivity contribution in [2.45, 2.75) is 25.4 Å². The zero-order chi connectivity index (χ0) is 18.7. The maximum atomic E-state index is 13.5. The molecule has 3 atom stereocenters. The summed E-state index contributed by atoms with van der Waals surface area (Å²) in [5.41, 5.74) is 0.812. The Morgan fingerprint density at radius 1 is 1.35 bits per heavy atom. The van der Waals surface area contributed by atoms with Gasteiger partial charge in [-0.05, 0) is 5.56 Å². The van der Waals surface area contributed by atoms with E-state index in [1.54, 1.807) is 0 Å². The van der Waals surface area contributed by atoms with E-state index in [-0.39, 0.29) is 50.8 Å². The van der Waals surface area contributed by atoms with Crippen LogP contribution in [0.2, 0.25) is 0 Å². The molecule has 1 aromatic carbocycles. The van der Waals surface area contributed by atoms with Crippen molar-refractivity contribution in [1.82, 2.24) is 15.6 Å². The molecule has 2 aliphatic heterocycles. The first kappa shape index (κ1) is 18.3. The molecule has 9 heteroatoms. The number of nitrogens with one attached hydrogen (secondary N) is 2. The molecule has 2 aliphatic rings. The number of hydrogen-bond donors (Lipinski definition) is 3. The van der Waals surface area contributed by atoms with E-state index in [0.717, 1.165) is 10.6 Å². The summed E-state index contributed by atoms with van der Waals surface area (Å²) in [7, 11) is 0. The molecule has 0 bridgehead atoms. The van der Waals surface area contributed by atoms with Gasteiger partial charge in [-0.2, -0.15) is 5.01 Å². The fourth-order valence-corrected chi connectivity index (χ4v) is 3.46. The lowest BCUT2D eigenvalue weighted by Gasteiger charge is -2.55. The van der Waals surface area contributed by atoms with Gasteiger partial charge in [-0.15, -0.1) is 0 Å². The van der Waals surface area contributed by atoms with Crippen molar-refractivity contribution in [2.75, 3.05) is 19.8 Å². The predicted molar refractivity (Wildman–Crippen MR) is 90.6 cm³/mol. The maximum Gasteiger partial charge on any atom is 0.313 e. The second-order valence-corrected chi connectivity index (χ2v) is 6.66. The minimum atomic E-state index is -1.16. The number of aliphatic carboxylic acids is 1. The molecule has 2 saturated heterocycles.